The predicted molar refractivity (Wildman–Crippen MR) is 113 cm³/mol. The van der Waals surface area contributed by atoms with E-state index in [-0.39, 0.29) is 10.6 Å². The molecule has 1 aliphatic heterocycles. The Balaban J connectivity index is 1.68. The molecule has 3 rings (SSSR count). The number of piperazine rings is 1. The summed E-state index contributed by atoms with van der Waals surface area (Å²) in [6, 6.07) is 12.9. The number of hydrogen-bond donors (Lipinski definition) is 1. The Labute approximate surface area is 172 Å². The lowest BCUT2D eigenvalue weighted by atomic mass is 10.0. The summed E-state index contributed by atoms with van der Waals surface area (Å²) >= 11 is 0. The zero-order valence-corrected chi connectivity index (χ0v) is 17.9. The maximum absolute atomic E-state index is 11.7. The van der Waals surface area contributed by atoms with E-state index in [1.54, 1.807) is 6.07 Å². The highest BCUT2D eigenvalue weighted by atomic mass is 32.2. The summed E-state index contributed by atoms with van der Waals surface area (Å²) in [6.45, 7) is 8.42. The second-order valence-corrected chi connectivity index (χ2v) is 10.0. The van der Waals surface area contributed by atoms with Crippen LogP contribution in [0, 0.1) is 10.1 Å². The molecule has 0 saturated carbocycles. The van der Waals surface area contributed by atoms with Gasteiger partial charge in [-0.2, -0.15) is 0 Å². The van der Waals surface area contributed by atoms with Gasteiger partial charge in [0.1, 0.15) is 12.2 Å². The van der Waals surface area contributed by atoms with Gasteiger partial charge in [-0.25, -0.2) is 8.42 Å². The summed E-state index contributed by atoms with van der Waals surface area (Å²) in [5.41, 5.74) is 2.96. The molecule has 1 saturated heterocycles. The molecule has 29 heavy (non-hydrogen) atoms. The van der Waals surface area contributed by atoms with Crippen molar-refractivity contribution in [3.63, 3.8) is 0 Å². The van der Waals surface area contributed by atoms with Crippen LogP contribution >= 0.6 is 0 Å². The van der Waals surface area contributed by atoms with Gasteiger partial charge in [-0.3, -0.25) is 10.1 Å². The molecule has 0 spiro atoms. The van der Waals surface area contributed by atoms with Crippen LogP contribution in [0.15, 0.2) is 47.4 Å². The quantitative estimate of drug-likeness (QED) is 0.573. The van der Waals surface area contributed by atoms with Crippen LogP contribution in [0.2, 0.25) is 0 Å². The number of rotatable bonds is 6. The van der Waals surface area contributed by atoms with Crippen LogP contribution in [0.25, 0.3) is 0 Å². The van der Waals surface area contributed by atoms with Crippen molar-refractivity contribution in [2.75, 3.05) is 37.3 Å². The lowest BCUT2D eigenvalue weighted by Crippen LogP contribution is -3.13. The molecule has 2 aromatic carbocycles. The van der Waals surface area contributed by atoms with Gasteiger partial charge < -0.3 is 9.80 Å². The van der Waals surface area contributed by atoms with E-state index in [2.05, 4.69) is 38.1 Å². The Morgan fingerprint density at radius 3 is 2.24 bits per heavy atom. The third-order valence-electron chi connectivity index (χ3n) is 5.48. The van der Waals surface area contributed by atoms with E-state index >= 15 is 0 Å². The van der Waals surface area contributed by atoms with Gasteiger partial charge in [0, 0.05) is 17.9 Å². The minimum Gasteiger partial charge on any atom is -0.355 e. The standard InChI is InChI=1S/C21H27N3O4S/c1-16(2)18-6-4-17(5-7-18)15-22-10-12-23(13-11-22)20-9-8-19(29(3,27)28)14-21(20)24(25)26/h4-9,14,16H,10-13,15H2,1-3H3/p+1. The van der Waals surface area contributed by atoms with Gasteiger partial charge in [-0.1, -0.05) is 38.1 Å². The number of quaternary nitrogens is 1. The van der Waals surface area contributed by atoms with Crippen LogP contribution in [0.5, 0.6) is 0 Å². The first kappa shape index (κ1) is 21.3. The highest BCUT2D eigenvalue weighted by Crippen LogP contribution is 2.30. The second-order valence-electron chi connectivity index (χ2n) is 7.99. The molecule has 0 aliphatic carbocycles. The zero-order valence-electron chi connectivity index (χ0n) is 17.1. The first-order valence-corrected chi connectivity index (χ1v) is 11.7. The van der Waals surface area contributed by atoms with Crippen LogP contribution in [0.4, 0.5) is 11.4 Å². The molecule has 2 aromatic rings. The zero-order chi connectivity index (χ0) is 21.2. The first-order valence-electron chi connectivity index (χ1n) is 9.81. The third-order valence-corrected chi connectivity index (χ3v) is 6.59. The van der Waals surface area contributed by atoms with Crippen LogP contribution in [-0.4, -0.2) is 45.8 Å². The molecule has 1 heterocycles. The molecule has 0 bridgehead atoms. The highest BCUT2D eigenvalue weighted by Gasteiger charge is 2.27. The van der Waals surface area contributed by atoms with Gasteiger partial charge in [0.25, 0.3) is 5.69 Å². The average Bonchev–Trinajstić information content (AvgIpc) is 2.68. The lowest BCUT2D eigenvalue weighted by Gasteiger charge is -2.33. The number of nitro groups is 1. The van der Waals surface area contributed by atoms with Gasteiger partial charge >= 0.3 is 0 Å². The van der Waals surface area contributed by atoms with Crippen molar-refractivity contribution in [2.45, 2.75) is 31.2 Å². The maximum atomic E-state index is 11.7. The van der Waals surface area contributed by atoms with Crippen molar-refractivity contribution in [2.24, 2.45) is 0 Å². The van der Waals surface area contributed by atoms with E-state index in [0.29, 0.717) is 24.7 Å². The van der Waals surface area contributed by atoms with Gasteiger partial charge in [-0.05, 0) is 23.6 Å². The fourth-order valence-electron chi connectivity index (χ4n) is 3.70. The van der Waals surface area contributed by atoms with E-state index in [1.165, 1.54) is 28.2 Å². The normalized spacial score (nSPS) is 15.7. The second kappa shape index (κ2) is 8.51. The van der Waals surface area contributed by atoms with Gasteiger partial charge in [0.2, 0.25) is 0 Å². The molecule has 1 N–H and O–H groups in total. The van der Waals surface area contributed by atoms with Crippen molar-refractivity contribution in [3.05, 3.63) is 63.7 Å². The summed E-state index contributed by atoms with van der Waals surface area (Å²) in [7, 11) is -3.49. The monoisotopic (exact) mass is 418 g/mol. The average molecular weight is 419 g/mol. The summed E-state index contributed by atoms with van der Waals surface area (Å²) in [6.07, 6.45) is 1.06. The number of anilines is 1. The molecule has 7 nitrogen and oxygen atoms in total. The van der Waals surface area contributed by atoms with Crippen LogP contribution < -0.4 is 9.80 Å². The Morgan fingerprint density at radius 1 is 1.10 bits per heavy atom. The van der Waals surface area contributed by atoms with E-state index in [1.807, 2.05) is 4.90 Å². The predicted octanol–water partition coefficient (Wildman–Crippen LogP) is 2.03. The van der Waals surface area contributed by atoms with E-state index in [4.69, 9.17) is 0 Å². The van der Waals surface area contributed by atoms with Gasteiger partial charge in [-0.15, -0.1) is 0 Å². The smallest absolute Gasteiger partial charge is 0.293 e. The molecule has 0 atom stereocenters. The third kappa shape index (κ3) is 5.13. The fraction of sp³-hybridized carbons (Fsp3) is 0.429. The molecular weight excluding hydrogens is 390 g/mol. The lowest BCUT2D eigenvalue weighted by molar-refractivity contribution is -0.914. The molecule has 0 amide bonds. The van der Waals surface area contributed by atoms with Crippen molar-refractivity contribution < 1.29 is 18.2 Å². The minimum atomic E-state index is -3.49. The number of hydrogen-bond acceptors (Lipinski definition) is 5. The SMILES string of the molecule is CC(C)c1ccc(C[NH+]2CCN(c3ccc(S(C)(=O)=O)cc3[N+](=O)[O-])CC2)cc1. The molecule has 0 unspecified atom stereocenters. The molecule has 8 heteroatoms. The Kier molecular flexibility index (Phi) is 6.24. The van der Waals surface area contributed by atoms with Crippen molar-refractivity contribution in [1.29, 1.82) is 0 Å². The van der Waals surface area contributed by atoms with Gasteiger partial charge in [0.05, 0.1) is 36.0 Å². The minimum absolute atomic E-state index is 0.0259. The highest BCUT2D eigenvalue weighted by molar-refractivity contribution is 7.90. The van der Waals surface area contributed by atoms with Crippen LogP contribution in [0.3, 0.4) is 0 Å². The number of benzene rings is 2. The Morgan fingerprint density at radius 2 is 1.72 bits per heavy atom. The number of nitrogens with one attached hydrogen (secondary N) is 1. The summed E-state index contributed by atoms with van der Waals surface area (Å²) < 4.78 is 23.5. The number of nitrogens with zero attached hydrogens (tertiary/aromatic N) is 2. The van der Waals surface area contributed by atoms with Gasteiger partial charge in [0.15, 0.2) is 9.84 Å². The Bertz CT molecular complexity index is 979. The first-order chi connectivity index (χ1) is 13.6. The van der Waals surface area contributed by atoms with Crippen molar-refractivity contribution >= 4 is 21.2 Å². The van der Waals surface area contributed by atoms with E-state index in [0.717, 1.165) is 25.9 Å². The Hall–Kier alpha value is -2.45. The number of nitro benzene ring substituents is 1. The summed E-state index contributed by atoms with van der Waals surface area (Å²) in [5.74, 6) is 0.518. The molecule has 1 aliphatic rings. The molecule has 156 valence electrons. The van der Waals surface area contributed by atoms with Crippen LogP contribution in [0.1, 0.15) is 30.9 Å². The molecule has 1 fully saturated rings. The number of sulfone groups is 1. The van der Waals surface area contributed by atoms with Crippen LogP contribution in [-0.2, 0) is 16.4 Å². The molecule has 0 radical (unpaired) electrons. The topological polar surface area (TPSA) is 85.0 Å². The maximum Gasteiger partial charge on any atom is 0.293 e. The van der Waals surface area contributed by atoms with E-state index < -0.39 is 14.8 Å². The van der Waals surface area contributed by atoms with E-state index in [9.17, 15) is 18.5 Å². The van der Waals surface area contributed by atoms with Crippen molar-refractivity contribution in [3.8, 4) is 0 Å². The van der Waals surface area contributed by atoms with Crippen molar-refractivity contribution in [1.82, 2.24) is 0 Å². The largest absolute Gasteiger partial charge is 0.355 e. The molecule has 0 aromatic heterocycles. The fourth-order valence-corrected chi connectivity index (χ4v) is 4.34. The summed E-state index contributed by atoms with van der Waals surface area (Å²) in [5, 5.41) is 11.5. The summed E-state index contributed by atoms with van der Waals surface area (Å²) in [4.78, 5) is 14.4. The molecular formula is C21H28N3O4S+.